The third kappa shape index (κ3) is 3.31. The van der Waals surface area contributed by atoms with E-state index in [9.17, 15) is 14.3 Å². The number of aromatic nitrogens is 1. The van der Waals surface area contributed by atoms with Crippen molar-refractivity contribution in [2.24, 2.45) is 0 Å². The van der Waals surface area contributed by atoms with Crippen molar-refractivity contribution in [2.75, 3.05) is 6.61 Å². The van der Waals surface area contributed by atoms with E-state index in [1.807, 2.05) is 29.2 Å². The number of piperidine rings is 1. The maximum Gasteiger partial charge on any atom is 0.410 e. The van der Waals surface area contributed by atoms with Crippen LogP contribution >= 0.6 is 0 Å². The van der Waals surface area contributed by atoms with Crippen molar-refractivity contribution in [1.82, 2.24) is 9.88 Å². The number of carbonyl (C=O) groups is 1. The van der Waals surface area contributed by atoms with E-state index in [2.05, 4.69) is 29.2 Å². The van der Waals surface area contributed by atoms with Crippen LogP contribution in [0.15, 0.2) is 60.7 Å². The van der Waals surface area contributed by atoms with Gasteiger partial charge in [0.25, 0.3) is 0 Å². The molecule has 3 aliphatic rings. The Morgan fingerprint density at radius 3 is 2.21 bits per heavy atom. The Balaban J connectivity index is 1.19. The smallest absolute Gasteiger partial charge is 0.410 e. The first-order valence-electron chi connectivity index (χ1n) is 11.9. The number of aliphatic hydroxyl groups is 1. The van der Waals surface area contributed by atoms with E-state index in [1.165, 1.54) is 28.3 Å². The number of hydrogen-bond acceptors (Lipinski definition) is 4. The average molecular weight is 459 g/mol. The van der Waals surface area contributed by atoms with E-state index >= 15 is 0 Å². The number of fused-ring (bicyclic) bond motifs is 5. The first kappa shape index (κ1) is 21.3. The maximum atomic E-state index is 13.5. The van der Waals surface area contributed by atoms with Crippen LogP contribution in [0.4, 0.5) is 9.18 Å². The van der Waals surface area contributed by atoms with Gasteiger partial charge in [-0.25, -0.2) is 9.78 Å². The van der Waals surface area contributed by atoms with Gasteiger partial charge in [0.15, 0.2) is 0 Å². The number of aryl methyl sites for hydroxylation is 1. The predicted molar refractivity (Wildman–Crippen MR) is 126 cm³/mol. The van der Waals surface area contributed by atoms with Crippen molar-refractivity contribution < 1.29 is 19.0 Å². The highest BCUT2D eigenvalue weighted by Crippen LogP contribution is 2.47. The van der Waals surface area contributed by atoms with Crippen LogP contribution in [0.1, 0.15) is 54.0 Å². The normalized spacial score (nSPS) is 25.2. The van der Waals surface area contributed by atoms with Gasteiger partial charge in [0.2, 0.25) is 5.95 Å². The molecule has 1 aliphatic carbocycles. The van der Waals surface area contributed by atoms with Gasteiger partial charge in [-0.1, -0.05) is 48.5 Å². The molecule has 0 saturated carbocycles. The lowest BCUT2D eigenvalue weighted by Crippen LogP contribution is -2.52. The quantitative estimate of drug-likeness (QED) is 0.542. The van der Waals surface area contributed by atoms with E-state index in [1.54, 1.807) is 13.0 Å². The van der Waals surface area contributed by atoms with Gasteiger partial charge in [0.05, 0.1) is 5.60 Å². The minimum absolute atomic E-state index is 0.0173. The standard InChI is InChI=1S/C28H27FN2O3/c1-17-25(12-13-26(29)30-17)28(33)14-18-10-11-19(15-28)31(18)27(32)34-16-24-22-8-4-2-6-20(22)21-7-3-5-9-23(21)24/h2-9,12-13,18-19,24,33H,10-11,14-16H2,1H3. The molecule has 3 heterocycles. The second kappa shape index (κ2) is 7.91. The van der Waals surface area contributed by atoms with Crippen molar-refractivity contribution in [3.8, 4) is 11.1 Å². The summed E-state index contributed by atoms with van der Waals surface area (Å²) < 4.78 is 19.4. The molecule has 1 aromatic heterocycles. The Morgan fingerprint density at radius 1 is 1.03 bits per heavy atom. The lowest BCUT2D eigenvalue weighted by molar-refractivity contribution is -0.0537. The second-order valence-electron chi connectivity index (χ2n) is 9.80. The lowest BCUT2D eigenvalue weighted by Gasteiger charge is -2.43. The summed E-state index contributed by atoms with van der Waals surface area (Å²) in [5.41, 5.74) is 4.81. The van der Waals surface area contributed by atoms with Gasteiger partial charge in [0.1, 0.15) is 6.61 Å². The number of amides is 1. The number of pyridine rings is 1. The van der Waals surface area contributed by atoms with Gasteiger partial charge in [-0.2, -0.15) is 4.39 Å². The molecule has 2 atom stereocenters. The molecule has 6 rings (SSSR count). The summed E-state index contributed by atoms with van der Waals surface area (Å²) in [7, 11) is 0. The minimum Gasteiger partial charge on any atom is -0.448 e. The van der Waals surface area contributed by atoms with E-state index < -0.39 is 11.5 Å². The molecule has 5 nitrogen and oxygen atoms in total. The Labute approximate surface area is 198 Å². The van der Waals surface area contributed by atoms with Gasteiger partial charge in [-0.3, -0.25) is 0 Å². The molecule has 2 aromatic carbocycles. The summed E-state index contributed by atoms with van der Waals surface area (Å²) in [6.45, 7) is 2.00. The zero-order chi connectivity index (χ0) is 23.4. The Hall–Kier alpha value is -3.25. The summed E-state index contributed by atoms with van der Waals surface area (Å²) in [5, 5.41) is 11.5. The molecule has 0 spiro atoms. The fourth-order valence-electron chi connectivity index (χ4n) is 6.43. The van der Waals surface area contributed by atoms with Crippen molar-refractivity contribution >= 4 is 6.09 Å². The summed E-state index contributed by atoms with van der Waals surface area (Å²) in [6, 6.07) is 19.3. The minimum atomic E-state index is -1.11. The molecular formula is C28H27FN2O3. The summed E-state index contributed by atoms with van der Waals surface area (Å²) in [5.74, 6) is -0.535. The van der Waals surface area contributed by atoms with Crippen LogP contribution in [-0.4, -0.2) is 39.8 Å². The SMILES string of the molecule is Cc1nc(F)ccc1C1(O)CC2CCC(C1)N2C(=O)OCC1c2ccccc2-c2ccccc21. The van der Waals surface area contributed by atoms with E-state index in [0.29, 0.717) is 24.1 Å². The maximum absolute atomic E-state index is 13.5. The highest BCUT2D eigenvalue weighted by Gasteiger charge is 2.51. The molecule has 6 heteroatoms. The molecule has 3 aromatic rings. The molecule has 2 fully saturated rings. The first-order valence-corrected chi connectivity index (χ1v) is 11.9. The van der Waals surface area contributed by atoms with Crippen LogP contribution in [0, 0.1) is 12.9 Å². The first-order chi connectivity index (χ1) is 16.4. The molecule has 174 valence electrons. The van der Waals surface area contributed by atoms with Gasteiger partial charge in [-0.15, -0.1) is 0 Å². The van der Waals surface area contributed by atoms with Crippen molar-refractivity contribution in [2.45, 2.75) is 56.2 Å². The van der Waals surface area contributed by atoms with Crippen LogP contribution in [0.25, 0.3) is 11.1 Å². The zero-order valence-electron chi connectivity index (χ0n) is 19.1. The number of nitrogens with zero attached hydrogens (tertiary/aromatic N) is 2. The number of benzene rings is 2. The van der Waals surface area contributed by atoms with Crippen molar-refractivity contribution in [3.05, 3.63) is 89.0 Å². The fourth-order valence-corrected chi connectivity index (χ4v) is 6.43. The van der Waals surface area contributed by atoms with Crippen LogP contribution in [0.3, 0.4) is 0 Å². The largest absolute Gasteiger partial charge is 0.448 e. The van der Waals surface area contributed by atoms with E-state index in [-0.39, 0.29) is 30.7 Å². The monoisotopic (exact) mass is 458 g/mol. The number of halogens is 1. The molecule has 2 unspecified atom stereocenters. The summed E-state index contributed by atoms with van der Waals surface area (Å²) in [4.78, 5) is 19.0. The van der Waals surface area contributed by atoms with Gasteiger partial charge in [-0.05, 0) is 54.2 Å². The predicted octanol–water partition coefficient (Wildman–Crippen LogP) is 5.29. The Kier molecular flexibility index (Phi) is 4.96. The van der Waals surface area contributed by atoms with Crippen LogP contribution in [0.2, 0.25) is 0 Å². The summed E-state index contributed by atoms with van der Waals surface area (Å²) in [6.07, 6.45) is 2.14. The fraction of sp³-hybridized carbons (Fsp3) is 0.357. The highest BCUT2D eigenvalue weighted by atomic mass is 19.1. The van der Waals surface area contributed by atoms with Gasteiger partial charge >= 0.3 is 6.09 Å². The summed E-state index contributed by atoms with van der Waals surface area (Å²) >= 11 is 0. The molecule has 1 amide bonds. The van der Waals surface area contributed by atoms with Crippen LogP contribution < -0.4 is 0 Å². The molecule has 0 radical (unpaired) electrons. The molecule has 2 saturated heterocycles. The van der Waals surface area contributed by atoms with Crippen molar-refractivity contribution in [3.63, 3.8) is 0 Å². The number of carbonyl (C=O) groups excluding carboxylic acids is 1. The average Bonchev–Trinajstić information content (AvgIpc) is 3.29. The third-order valence-electron chi connectivity index (χ3n) is 7.87. The molecule has 2 bridgehead atoms. The number of ether oxygens (including phenoxy) is 1. The lowest BCUT2D eigenvalue weighted by atomic mass is 9.80. The molecule has 34 heavy (non-hydrogen) atoms. The molecular weight excluding hydrogens is 431 g/mol. The topological polar surface area (TPSA) is 62.7 Å². The van der Waals surface area contributed by atoms with Crippen LogP contribution in [0.5, 0.6) is 0 Å². The van der Waals surface area contributed by atoms with Crippen LogP contribution in [-0.2, 0) is 10.3 Å². The highest BCUT2D eigenvalue weighted by molar-refractivity contribution is 5.79. The number of hydrogen-bond donors (Lipinski definition) is 1. The molecule has 1 N–H and O–H groups in total. The molecule has 2 aliphatic heterocycles. The zero-order valence-corrected chi connectivity index (χ0v) is 19.1. The van der Waals surface area contributed by atoms with Gasteiger partial charge < -0.3 is 14.7 Å². The Bertz CT molecular complexity index is 1220. The van der Waals surface area contributed by atoms with E-state index in [0.717, 1.165) is 12.8 Å². The second-order valence-corrected chi connectivity index (χ2v) is 9.80. The van der Waals surface area contributed by atoms with E-state index in [4.69, 9.17) is 4.74 Å². The Morgan fingerprint density at radius 2 is 1.62 bits per heavy atom. The van der Waals surface area contributed by atoms with Gasteiger partial charge in [0, 0.05) is 42.1 Å². The van der Waals surface area contributed by atoms with Crippen molar-refractivity contribution in [1.29, 1.82) is 0 Å². The third-order valence-corrected chi connectivity index (χ3v) is 7.87. The number of rotatable bonds is 3.